The highest BCUT2D eigenvalue weighted by Crippen LogP contribution is 2.34. The molecule has 1 unspecified atom stereocenters. The molecule has 2 rings (SSSR count). The van der Waals surface area contributed by atoms with Crippen LogP contribution in [-0.4, -0.2) is 41.2 Å². The van der Waals surface area contributed by atoms with E-state index in [1.165, 1.54) is 0 Å². The third kappa shape index (κ3) is 5.40. The number of halogens is 3. The summed E-state index contributed by atoms with van der Waals surface area (Å²) in [6.07, 6.45) is -0.0910. The van der Waals surface area contributed by atoms with Gasteiger partial charge in [-0.3, -0.25) is 9.79 Å². The van der Waals surface area contributed by atoms with Crippen LogP contribution in [0.2, 0.25) is 0 Å². The summed E-state index contributed by atoms with van der Waals surface area (Å²) in [5.74, 6) is -0.278. The molecule has 0 aliphatic carbocycles. The molecule has 5 nitrogen and oxygen atoms in total. The first-order valence-corrected chi connectivity index (χ1v) is 11.5. The fourth-order valence-electron chi connectivity index (χ4n) is 3.92. The van der Waals surface area contributed by atoms with Gasteiger partial charge in [-0.25, -0.2) is 8.78 Å². The lowest BCUT2D eigenvalue weighted by atomic mass is 9.89. The van der Waals surface area contributed by atoms with Gasteiger partial charge in [0.05, 0.1) is 23.0 Å². The van der Waals surface area contributed by atoms with E-state index in [4.69, 9.17) is 11.1 Å². The first-order chi connectivity index (χ1) is 14.7. The van der Waals surface area contributed by atoms with Crippen LogP contribution in [0.25, 0.3) is 0 Å². The minimum absolute atomic E-state index is 0.0934. The maximum Gasteiger partial charge on any atom is 0.276 e. The Morgan fingerprint density at radius 2 is 2.03 bits per heavy atom. The van der Waals surface area contributed by atoms with Crippen molar-refractivity contribution in [2.45, 2.75) is 72.3 Å². The van der Waals surface area contributed by atoms with Crippen LogP contribution in [0.4, 0.5) is 14.5 Å². The highest BCUT2D eigenvalue weighted by Gasteiger charge is 2.34. The van der Waals surface area contributed by atoms with Gasteiger partial charge in [-0.05, 0) is 43.9 Å². The smallest absolute Gasteiger partial charge is 0.276 e. The maximum absolute atomic E-state index is 13.6. The van der Waals surface area contributed by atoms with Gasteiger partial charge < -0.3 is 16.0 Å². The van der Waals surface area contributed by atoms with Gasteiger partial charge in [0, 0.05) is 34.4 Å². The van der Waals surface area contributed by atoms with Crippen molar-refractivity contribution in [2.75, 3.05) is 6.54 Å². The molecule has 0 saturated heterocycles. The van der Waals surface area contributed by atoms with Crippen molar-refractivity contribution in [3.05, 3.63) is 39.0 Å². The Kier molecular flexibility index (Phi) is 8.91. The number of carbonyl (C=O) groups excluding carboxylic acids is 1. The van der Waals surface area contributed by atoms with Crippen LogP contribution in [0.3, 0.4) is 0 Å². The minimum Gasteiger partial charge on any atom is -0.402 e. The van der Waals surface area contributed by atoms with Crippen molar-refractivity contribution < 1.29 is 13.6 Å². The van der Waals surface area contributed by atoms with Crippen LogP contribution in [0.1, 0.15) is 68.8 Å². The van der Waals surface area contributed by atoms with Crippen LogP contribution in [0, 0.1) is 12.3 Å². The molecule has 1 heterocycles. The normalized spacial score (nSPS) is 17.5. The van der Waals surface area contributed by atoms with Gasteiger partial charge in [-0.1, -0.05) is 43.1 Å². The van der Waals surface area contributed by atoms with Gasteiger partial charge in [0.2, 0.25) is 0 Å². The molecule has 1 amide bonds. The lowest BCUT2D eigenvalue weighted by Crippen LogP contribution is -2.47. The van der Waals surface area contributed by atoms with Gasteiger partial charge in [0.25, 0.3) is 12.3 Å². The zero-order valence-electron chi connectivity index (χ0n) is 18.6. The van der Waals surface area contributed by atoms with Crippen LogP contribution < -0.4 is 5.73 Å². The van der Waals surface area contributed by atoms with E-state index >= 15 is 0 Å². The average Bonchev–Trinajstić information content (AvgIpc) is 2.73. The molecule has 1 aliphatic rings. The number of hydrogen-bond acceptors (Lipinski definition) is 4. The standard InChI is InChI=1S/C23H31BrF2N4O/c1-5-8-16(27)20-17(28)11-12-30(19(20)7-3)23(31)14-9-10-15(24)13(4)21(14)29-18(6-2)22(25)26/h9-10,19,22,27H,5-8,11-12,28H2,1-4H3. The molecule has 3 N–H and O–H groups in total. The Balaban J connectivity index is 2.56. The fourth-order valence-corrected chi connectivity index (χ4v) is 4.24. The zero-order chi connectivity index (χ0) is 23.3. The largest absolute Gasteiger partial charge is 0.402 e. The van der Waals surface area contributed by atoms with Crippen molar-refractivity contribution in [1.82, 2.24) is 4.90 Å². The number of carbonyl (C=O) groups is 1. The monoisotopic (exact) mass is 496 g/mol. The lowest BCUT2D eigenvalue weighted by molar-refractivity contribution is 0.0694. The number of benzene rings is 1. The molecule has 31 heavy (non-hydrogen) atoms. The molecule has 170 valence electrons. The predicted octanol–water partition coefficient (Wildman–Crippen LogP) is 6.16. The first kappa shape index (κ1) is 25.2. The van der Waals surface area contributed by atoms with Gasteiger partial charge >= 0.3 is 0 Å². The third-order valence-electron chi connectivity index (χ3n) is 5.61. The molecule has 1 atom stereocenters. The summed E-state index contributed by atoms with van der Waals surface area (Å²) in [5, 5.41) is 8.46. The van der Waals surface area contributed by atoms with E-state index in [0.29, 0.717) is 47.3 Å². The molecule has 0 saturated carbocycles. The van der Waals surface area contributed by atoms with Crippen LogP contribution in [0.15, 0.2) is 32.9 Å². The second kappa shape index (κ2) is 11.0. The number of nitrogens with one attached hydrogen (secondary N) is 1. The number of hydrogen-bond donors (Lipinski definition) is 2. The van der Waals surface area contributed by atoms with Gasteiger partial charge in [0.1, 0.15) is 0 Å². The highest BCUT2D eigenvalue weighted by molar-refractivity contribution is 9.10. The van der Waals surface area contributed by atoms with Crippen LogP contribution >= 0.6 is 15.9 Å². The van der Waals surface area contributed by atoms with E-state index in [0.717, 1.165) is 12.0 Å². The highest BCUT2D eigenvalue weighted by atomic mass is 79.9. The topological polar surface area (TPSA) is 82.5 Å². The molecule has 1 aromatic carbocycles. The number of aliphatic imine (C=N–C) groups is 1. The molecule has 8 heteroatoms. The number of amides is 1. The summed E-state index contributed by atoms with van der Waals surface area (Å²) in [5.41, 5.74) is 9.03. The second-order valence-corrected chi connectivity index (χ2v) is 8.52. The van der Waals surface area contributed by atoms with Crippen molar-refractivity contribution in [3.63, 3.8) is 0 Å². The molecule has 1 aliphatic heterocycles. The van der Waals surface area contributed by atoms with Gasteiger partial charge in [-0.2, -0.15) is 0 Å². The Morgan fingerprint density at radius 1 is 1.35 bits per heavy atom. The Bertz CT molecular complexity index is 911. The van der Waals surface area contributed by atoms with E-state index in [1.54, 1.807) is 30.9 Å². The van der Waals surface area contributed by atoms with Crippen molar-refractivity contribution in [2.24, 2.45) is 10.7 Å². The summed E-state index contributed by atoms with van der Waals surface area (Å²) in [6, 6.07) is 3.05. The van der Waals surface area contributed by atoms with E-state index in [1.807, 2.05) is 13.8 Å². The summed E-state index contributed by atoms with van der Waals surface area (Å²) in [6.45, 7) is 7.75. The van der Waals surface area contributed by atoms with E-state index in [9.17, 15) is 13.6 Å². The number of nitrogens with two attached hydrogens (primary N) is 1. The summed E-state index contributed by atoms with van der Waals surface area (Å²) in [4.78, 5) is 19.6. The molecule has 0 bridgehead atoms. The molecule has 0 fully saturated rings. The second-order valence-electron chi connectivity index (χ2n) is 7.67. The lowest BCUT2D eigenvalue weighted by Gasteiger charge is -2.38. The average molecular weight is 497 g/mol. The predicted molar refractivity (Wildman–Crippen MR) is 126 cm³/mol. The van der Waals surface area contributed by atoms with E-state index in [-0.39, 0.29) is 35.3 Å². The summed E-state index contributed by atoms with van der Waals surface area (Å²) in [7, 11) is 0. The van der Waals surface area contributed by atoms with Crippen molar-refractivity contribution in [3.8, 4) is 0 Å². The fraction of sp³-hybridized carbons (Fsp3) is 0.522. The number of nitrogens with zero attached hydrogens (tertiary/aromatic N) is 2. The number of rotatable bonds is 8. The quantitative estimate of drug-likeness (QED) is 0.422. The van der Waals surface area contributed by atoms with Crippen molar-refractivity contribution in [1.29, 1.82) is 5.41 Å². The first-order valence-electron chi connectivity index (χ1n) is 10.7. The molecule has 1 aromatic rings. The Labute approximate surface area is 191 Å². The molecule has 0 aromatic heterocycles. The van der Waals surface area contributed by atoms with E-state index < -0.39 is 6.43 Å². The summed E-state index contributed by atoms with van der Waals surface area (Å²) >= 11 is 3.42. The third-order valence-corrected chi connectivity index (χ3v) is 6.47. The zero-order valence-corrected chi connectivity index (χ0v) is 20.2. The van der Waals surface area contributed by atoms with Crippen LogP contribution in [0.5, 0.6) is 0 Å². The number of alkyl halides is 2. The molecule has 0 radical (unpaired) electrons. The minimum atomic E-state index is -2.69. The maximum atomic E-state index is 13.6. The van der Waals surface area contributed by atoms with E-state index in [2.05, 4.69) is 20.9 Å². The SMILES string of the molecule is CCCC(=N)C1=C(N)CCN(C(=O)c2ccc(Br)c(C)c2N=C(CC)C(F)F)C1CC. The van der Waals surface area contributed by atoms with Crippen molar-refractivity contribution >= 4 is 38.9 Å². The Morgan fingerprint density at radius 3 is 2.58 bits per heavy atom. The van der Waals surface area contributed by atoms with Crippen LogP contribution in [-0.2, 0) is 0 Å². The van der Waals surface area contributed by atoms with Gasteiger partial charge in [0.15, 0.2) is 0 Å². The van der Waals surface area contributed by atoms with Gasteiger partial charge in [-0.15, -0.1) is 0 Å². The Hall–Kier alpha value is -2.09. The summed E-state index contributed by atoms with van der Waals surface area (Å²) < 4.78 is 27.5. The molecule has 0 spiro atoms. The molecular formula is C23H31BrF2N4O. The molecular weight excluding hydrogens is 466 g/mol.